The molecular formula is C30H47N3O4. The number of rotatable bonds is 2. The van der Waals surface area contributed by atoms with Crippen molar-refractivity contribution in [2.75, 3.05) is 39.8 Å². The van der Waals surface area contributed by atoms with Crippen molar-refractivity contribution in [1.29, 1.82) is 0 Å². The topological polar surface area (TPSA) is 82.1 Å². The van der Waals surface area contributed by atoms with E-state index in [0.29, 0.717) is 30.4 Å². The van der Waals surface area contributed by atoms with Gasteiger partial charge in [0.1, 0.15) is 6.61 Å². The lowest BCUT2D eigenvalue weighted by Gasteiger charge is -2.64. The minimum absolute atomic E-state index is 0.178. The predicted molar refractivity (Wildman–Crippen MR) is 142 cm³/mol. The fourth-order valence-corrected chi connectivity index (χ4v) is 10.2. The van der Waals surface area contributed by atoms with Crippen molar-refractivity contribution in [1.82, 2.24) is 15.1 Å². The number of carbonyl (C=O) groups is 2. The number of amides is 2. The molecule has 6 aliphatic rings. The molecule has 4 aliphatic carbocycles. The van der Waals surface area contributed by atoms with Crippen LogP contribution in [0.15, 0.2) is 11.6 Å². The van der Waals surface area contributed by atoms with Crippen LogP contribution in [0.25, 0.3) is 0 Å². The predicted octanol–water partition coefficient (Wildman–Crippen LogP) is 3.96. The van der Waals surface area contributed by atoms with E-state index < -0.39 is 5.60 Å². The van der Waals surface area contributed by atoms with Crippen LogP contribution in [-0.4, -0.2) is 78.4 Å². The van der Waals surface area contributed by atoms with Crippen LogP contribution in [0.5, 0.6) is 0 Å². The number of hydrogen-bond donors (Lipinski definition) is 2. The molecule has 0 aromatic heterocycles. The minimum Gasteiger partial charge on any atom is -0.458 e. The number of cyclic esters (lactones) is 1. The lowest BCUT2D eigenvalue weighted by molar-refractivity contribution is -0.206. The lowest BCUT2D eigenvalue weighted by atomic mass is 9.43. The van der Waals surface area contributed by atoms with E-state index >= 15 is 0 Å². The molecule has 0 spiro atoms. The van der Waals surface area contributed by atoms with E-state index in [1.54, 1.807) is 6.08 Å². The van der Waals surface area contributed by atoms with Gasteiger partial charge in [-0.2, -0.15) is 0 Å². The second-order valence-corrected chi connectivity index (χ2v) is 13.7. The third-order valence-electron chi connectivity index (χ3n) is 12.4. The van der Waals surface area contributed by atoms with E-state index in [-0.39, 0.29) is 28.7 Å². The maximum Gasteiger partial charge on any atom is 0.331 e. The van der Waals surface area contributed by atoms with Crippen LogP contribution in [0.3, 0.4) is 0 Å². The summed E-state index contributed by atoms with van der Waals surface area (Å²) in [6.45, 7) is 8.75. The summed E-state index contributed by atoms with van der Waals surface area (Å²) in [5, 5.41) is 15.8. The summed E-state index contributed by atoms with van der Waals surface area (Å²) in [5.74, 6) is 1.51. The van der Waals surface area contributed by atoms with Crippen LogP contribution in [0, 0.1) is 34.5 Å². The maximum absolute atomic E-state index is 13.3. The highest BCUT2D eigenvalue weighted by molar-refractivity contribution is 5.85. The van der Waals surface area contributed by atoms with Crippen molar-refractivity contribution in [3.05, 3.63) is 11.6 Å². The van der Waals surface area contributed by atoms with Gasteiger partial charge in [-0.05, 0) is 105 Å². The van der Waals surface area contributed by atoms with Gasteiger partial charge in [0.2, 0.25) is 0 Å². The Bertz CT molecular complexity index is 960. The standard InChI is InChI=1S/C30H47N3O4/c1-28-10-7-22(32(3)27(35)33-15-4-13-31-14-16-33)18-21(28)5-6-25-24(28)8-11-29(2)23(9-12-30(25,29)36)20-17-26(34)37-19-20/h17,21-25,31,36H,4-16,18-19H2,1-3H3/t21-,22+,23-,24+,25-,28+,29-,30+/m1/s1. The molecular weight excluding hydrogens is 466 g/mol. The van der Waals surface area contributed by atoms with E-state index in [2.05, 4.69) is 24.1 Å². The van der Waals surface area contributed by atoms with Crippen molar-refractivity contribution < 1.29 is 19.4 Å². The summed E-state index contributed by atoms with van der Waals surface area (Å²) in [7, 11) is 2.03. The fraction of sp³-hybridized carbons (Fsp3) is 0.867. The zero-order valence-corrected chi connectivity index (χ0v) is 23.1. The third-order valence-corrected chi connectivity index (χ3v) is 12.4. The van der Waals surface area contributed by atoms with Gasteiger partial charge in [-0.15, -0.1) is 0 Å². The molecule has 206 valence electrons. The van der Waals surface area contributed by atoms with Gasteiger partial charge in [0.25, 0.3) is 0 Å². The van der Waals surface area contributed by atoms with E-state index in [4.69, 9.17) is 4.74 Å². The number of carbonyl (C=O) groups excluding carboxylic acids is 2. The first-order valence-electron chi connectivity index (χ1n) is 15.0. The highest BCUT2D eigenvalue weighted by Gasteiger charge is 2.67. The largest absolute Gasteiger partial charge is 0.458 e. The first kappa shape index (κ1) is 25.7. The lowest BCUT2D eigenvalue weighted by Crippen LogP contribution is -2.63. The number of aliphatic hydroxyl groups is 1. The van der Waals surface area contributed by atoms with Crippen molar-refractivity contribution >= 4 is 12.0 Å². The van der Waals surface area contributed by atoms with E-state index in [1.807, 2.05) is 11.9 Å². The monoisotopic (exact) mass is 513 g/mol. The smallest absolute Gasteiger partial charge is 0.331 e. The number of ether oxygens (including phenoxy) is 1. The van der Waals surface area contributed by atoms with Crippen LogP contribution < -0.4 is 5.32 Å². The zero-order chi connectivity index (χ0) is 26.0. The minimum atomic E-state index is -0.661. The van der Waals surface area contributed by atoms with Gasteiger partial charge in [-0.25, -0.2) is 9.59 Å². The maximum atomic E-state index is 13.3. The third kappa shape index (κ3) is 3.89. The second kappa shape index (κ2) is 9.25. The van der Waals surface area contributed by atoms with E-state index in [0.717, 1.165) is 96.0 Å². The van der Waals surface area contributed by atoms with Crippen LogP contribution in [0.4, 0.5) is 4.79 Å². The molecule has 1 saturated heterocycles. The van der Waals surface area contributed by atoms with Crippen LogP contribution in [0.2, 0.25) is 0 Å². The molecule has 0 aromatic carbocycles. The molecule has 7 nitrogen and oxygen atoms in total. The normalized spacial score (nSPS) is 45.7. The van der Waals surface area contributed by atoms with Crippen molar-refractivity contribution in [3.8, 4) is 0 Å². The molecule has 2 aliphatic heterocycles. The van der Waals surface area contributed by atoms with Crippen LogP contribution in [0.1, 0.15) is 78.1 Å². The number of nitrogens with zero attached hydrogens (tertiary/aromatic N) is 2. The molecule has 0 unspecified atom stereocenters. The van der Waals surface area contributed by atoms with Gasteiger partial charge in [-0.1, -0.05) is 13.8 Å². The number of esters is 1. The van der Waals surface area contributed by atoms with Crippen molar-refractivity contribution in [3.63, 3.8) is 0 Å². The summed E-state index contributed by atoms with van der Waals surface area (Å²) in [6.07, 6.45) is 12.2. The molecule has 8 atom stereocenters. The molecule has 6 rings (SSSR count). The Hall–Kier alpha value is -1.60. The first-order chi connectivity index (χ1) is 17.7. The SMILES string of the molecule is CN(C(=O)N1CCCNCC1)[C@H]1CC[C@@]2(C)[C@H](CC[C@@H]3[C@@H]2CC[C@]2(C)[C@@H](C4=CC(=O)OC4)CC[C@]32O)C1. The van der Waals surface area contributed by atoms with Crippen molar-refractivity contribution in [2.45, 2.75) is 89.7 Å². The fourth-order valence-electron chi connectivity index (χ4n) is 10.2. The molecule has 5 fully saturated rings. The summed E-state index contributed by atoms with van der Waals surface area (Å²) < 4.78 is 5.27. The summed E-state index contributed by atoms with van der Waals surface area (Å²) in [4.78, 5) is 29.2. The van der Waals surface area contributed by atoms with E-state index in [9.17, 15) is 14.7 Å². The van der Waals surface area contributed by atoms with Gasteiger partial charge >= 0.3 is 12.0 Å². The van der Waals surface area contributed by atoms with Gasteiger partial charge in [0, 0.05) is 44.2 Å². The van der Waals surface area contributed by atoms with Gasteiger partial charge in [0.05, 0.1) is 5.60 Å². The molecule has 4 saturated carbocycles. The number of urea groups is 1. The second-order valence-electron chi connectivity index (χ2n) is 13.7. The van der Waals surface area contributed by atoms with Gasteiger partial charge < -0.3 is 25.0 Å². The molecule has 2 amide bonds. The van der Waals surface area contributed by atoms with Gasteiger partial charge in [0.15, 0.2) is 0 Å². The molecule has 0 bridgehead atoms. The summed E-state index contributed by atoms with van der Waals surface area (Å²) >= 11 is 0. The van der Waals surface area contributed by atoms with Gasteiger partial charge in [-0.3, -0.25) is 0 Å². The summed E-state index contributed by atoms with van der Waals surface area (Å²) in [5.41, 5.74) is 0.501. The molecule has 2 N–H and O–H groups in total. The first-order valence-corrected chi connectivity index (χ1v) is 15.0. The average Bonchev–Trinajstić information content (AvgIpc) is 3.29. The molecule has 37 heavy (non-hydrogen) atoms. The summed E-state index contributed by atoms with van der Waals surface area (Å²) in [6, 6.07) is 0.521. The quantitative estimate of drug-likeness (QED) is 0.547. The van der Waals surface area contributed by atoms with E-state index in [1.165, 1.54) is 0 Å². The zero-order valence-electron chi connectivity index (χ0n) is 23.1. The van der Waals surface area contributed by atoms with Crippen LogP contribution in [-0.2, 0) is 9.53 Å². The Morgan fingerprint density at radius 3 is 2.70 bits per heavy atom. The Labute approximate surface area is 222 Å². The van der Waals surface area contributed by atoms with Crippen LogP contribution >= 0.6 is 0 Å². The number of nitrogens with one attached hydrogen (secondary N) is 1. The van der Waals surface area contributed by atoms with Crippen molar-refractivity contribution in [2.24, 2.45) is 34.5 Å². The number of hydrogen-bond acceptors (Lipinski definition) is 5. The Balaban J connectivity index is 1.17. The highest BCUT2D eigenvalue weighted by atomic mass is 16.5. The highest BCUT2D eigenvalue weighted by Crippen LogP contribution is 2.70. The number of fused-ring (bicyclic) bond motifs is 5. The Morgan fingerprint density at radius 1 is 1.08 bits per heavy atom. The average molecular weight is 514 g/mol. The molecule has 7 heteroatoms. The molecule has 2 heterocycles. The molecule has 0 aromatic rings. The molecule has 0 radical (unpaired) electrons. The Kier molecular flexibility index (Phi) is 6.42. The Morgan fingerprint density at radius 2 is 1.92 bits per heavy atom.